The van der Waals surface area contributed by atoms with Gasteiger partial charge in [-0.2, -0.15) is 5.10 Å². The van der Waals surface area contributed by atoms with Crippen molar-refractivity contribution in [2.45, 2.75) is 52.1 Å². The Labute approximate surface area is 121 Å². The van der Waals surface area contributed by atoms with E-state index in [1.807, 2.05) is 4.68 Å². The van der Waals surface area contributed by atoms with Crippen molar-refractivity contribution < 1.29 is 0 Å². The minimum Gasteiger partial charge on any atom is -0.382 e. The van der Waals surface area contributed by atoms with Crippen LogP contribution in [0.25, 0.3) is 0 Å². The number of anilines is 1. The molecule has 0 bridgehead atoms. The monoisotopic (exact) mass is 272 g/mol. The molecule has 4 nitrogen and oxygen atoms in total. The van der Waals surface area contributed by atoms with Crippen LogP contribution in [0.1, 0.15) is 45.1 Å². The van der Waals surface area contributed by atoms with E-state index in [1.165, 1.54) is 36.9 Å². The van der Waals surface area contributed by atoms with Gasteiger partial charge in [-0.25, -0.2) is 9.67 Å². The third-order valence-corrected chi connectivity index (χ3v) is 3.41. The van der Waals surface area contributed by atoms with E-state index < -0.39 is 0 Å². The van der Waals surface area contributed by atoms with Gasteiger partial charge in [-0.3, -0.25) is 0 Å². The molecule has 20 heavy (non-hydrogen) atoms. The standard InChI is InChI=1S/C16H24N4/c1-3-5-15(6-4-2)19-16-9-7-14(8-10-16)11-20-13-17-12-18-20/h7-10,12-13,15,19H,3-6,11H2,1-2H3. The van der Waals surface area contributed by atoms with Crippen LogP contribution in [0.3, 0.4) is 0 Å². The summed E-state index contributed by atoms with van der Waals surface area (Å²) in [5.41, 5.74) is 2.45. The Morgan fingerprint density at radius 1 is 1.10 bits per heavy atom. The van der Waals surface area contributed by atoms with Crippen molar-refractivity contribution in [3.8, 4) is 0 Å². The highest BCUT2D eigenvalue weighted by Crippen LogP contribution is 2.15. The van der Waals surface area contributed by atoms with Crippen molar-refractivity contribution in [2.75, 3.05) is 5.32 Å². The van der Waals surface area contributed by atoms with Gasteiger partial charge in [0.05, 0.1) is 6.54 Å². The minimum atomic E-state index is 0.589. The average Bonchev–Trinajstić information content (AvgIpc) is 2.94. The first-order chi connectivity index (χ1) is 9.81. The molecule has 0 saturated carbocycles. The van der Waals surface area contributed by atoms with Crippen LogP contribution in [0.5, 0.6) is 0 Å². The molecule has 0 fully saturated rings. The molecule has 2 aromatic rings. The summed E-state index contributed by atoms with van der Waals surface area (Å²) in [6.07, 6.45) is 8.22. The molecule has 0 aliphatic carbocycles. The fraction of sp³-hybridized carbons (Fsp3) is 0.500. The van der Waals surface area contributed by atoms with Crippen LogP contribution in [-0.2, 0) is 6.54 Å². The molecule has 1 aromatic carbocycles. The lowest BCUT2D eigenvalue weighted by molar-refractivity contribution is 0.586. The van der Waals surface area contributed by atoms with Gasteiger partial charge in [0.2, 0.25) is 0 Å². The zero-order valence-electron chi connectivity index (χ0n) is 12.4. The highest BCUT2D eigenvalue weighted by Gasteiger charge is 2.06. The maximum absolute atomic E-state index is 4.12. The van der Waals surface area contributed by atoms with E-state index >= 15 is 0 Å². The Morgan fingerprint density at radius 2 is 1.80 bits per heavy atom. The van der Waals surface area contributed by atoms with E-state index in [-0.39, 0.29) is 0 Å². The van der Waals surface area contributed by atoms with Gasteiger partial charge in [-0.05, 0) is 30.5 Å². The molecule has 0 radical (unpaired) electrons. The molecule has 1 heterocycles. The molecule has 0 spiro atoms. The lowest BCUT2D eigenvalue weighted by Gasteiger charge is -2.18. The molecule has 0 atom stereocenters. The summed E-state index contributed by atoms with van der Waals surface area (Å²) in [4.78, 5) is 3.96. The van der Waals surface area contributed by atoms with Crippen LogP contribution in [0.2, 0.25) is 0 Å². The van der Waals surface area contributed by atoms with Crippen LogP contribution in [-0.4, -0.2) is 20.8 Å². The molecule has 0 amide bonds. The van der Waals surface area contributed by atoms with Crippen molar-refractivity contribution >= 4 is 5.69 Å². The van der Waals surface area contributed by atoms with Crippen molar-refractivity contribution in [1.82, 2.24) is 14.8 Å². The molecule has 0 aliphatic heterocycles. The smallest absolute Gasteiger partial charge is 0.137 e. The molecular weight excluding hydrogens is 248 g/mol. The number of hydrogen-bond acceptors (Lipinski definition) is 3. The minimum absolute atomic E-state index is 0.589. The van der Waals surface area contributed by atoms with Gasteiger partial charge in [0.15, 0.2) is 0 Å². The first-order valence-corrected chi connectivity index (χ1v) is 7.49. The summed E-state index contributed by atoms with van der Waals surface area (Å²) < 4.78 is 1.83. The topological polar surface area (TPSA) is 42.7 Å². The second kappa shape index (κ2) is 7.68. The van der Waals surface area contributed by atoms with Crippen molar-refractivity contribution in [3.05, 3.63) is 42.5 Å². The number of nitrogens with one attached hydrogen (secondary N) is 1. The zero-order valence-corrected chi connectivity index (χ0v) is 12.4. The molecule has 0 unspecified atom stereocenters. The molecule has 0 aliphatic rings. The van der Waals surface area contributed by atoms with Crippen molar-refractivity contribution in [1.29, 1.82) is 0 Å². The number of benzene rings is 1. The molecule has 2 rings (SSSR count). The fourth-order valence-corrected chi connectivity index (χ4v) is 2.43. The van der Waals surface area contributed by atoms with E-state index in [4.69, 9.17) is 0 Å². The molecule has 108 valence electrons. The summed E-state index contributed by atoms with van der Waals surface area (Å²) in [6.45, 7) is 5.25. The second-order valence-electron chi connectivity index (χ2n) is 5.21. The van der Waals surface area contributed by atoms with Gasteiger partial charge >= 0.3 is 0 Å². The van der Waals surface area contributed by atoms with Gasteiger partial charge < -0.3 is 5.32 Å². The largest absolute Gasteiger partial charge is 0.382 e. The number of nitrogens with zero attached hydrogens (tertiary/aromatic N) is 3. The van der Waals surface area contributed by atoms with E-state index in [0.717, 1.165) is 6.54 Å². The Hall–Kier alpha value is -1.84. The van der Waals surface area contributed by atoms with Crippen molar-refractivity contribution in [2.24, 2.45) is 0 Å². The van der Waals surface area contributed by atoms with Crippen LogP contribution in [0.4, 0.5) is 5.69 Å². The van der Waals surface area contributed by atoms with Crippen LogP contribution < -0.4 is 5.32 Å². The quantitative estimate of drug-likeness (QED) is 0.796. The first-order valence-electron chi connectivity index (χ1n) is 7.49. The lowest BCUT2D eigenvalue weighted by atomic mass is 10.1. The van der Waals surface area contributed by atoms with E-state index in [0.29, 0.717) is 6.04 Å². The van der Waals surface area contributed by atoms with Crippen LogP contribution in [0.15, 0.2) is 36.9 Å². The van der Waals surface area contributed by atoms with Crippen LogP contribution >= 0.6 is 0 Å². The van der Waals surface area contributed by atoms with E-state index in [2.05, 4.69) is 53.5 Å². The summed E-state index contributed by atoms with van der Waals surface area (Å²) in [5, 5.41) is 7.75. The van der Waals surface area contributed by atoms with Gasteiger partial charge in [-0.15, -0.1) is 0 Å². The van der Waals surface area contributed by atoms with Gasteiger partial charge in [0, 0.05) is 11.7 Å². The molecule has 0 saturated heterocycles. The van der Waals surface area contributed by atoms with Gasteiger partial charge in [-0.1, -0.05) is 38.8 Å². The normalized spacial score (nSPS) is 10.9. The predicted octanol–water partition coefficient (Wildman–Crippen LogP) is 3.71. The molecule has 1 aromatic heterocycles. The Balaban J connectivity index is 1.93. The summed E-state index contributed by atoms with van der Waals surface area (Å²) in [6, 6.07) is 9.21. The third-order valence-electron chi connectivity index (χ3n) is 3.41. The Kier molecular flexibility index (Phi) is 5.59. The van der Waals surface area contributed by atoms with Gasteiger partial charge in [0.25, 0.3) is 0 Å². The van der Waals surface area contributed by atoms with Crippen LogP contribution in [0, 0.1) is 0 Å². The first kappa shape index (κ1) is 14.6. The summed E-state index contributed by atoms with van der Waals surface area (Å²) in [7, 11) is 0. The number of hydrogen-bond donors (Lipinski definition) is 1. The summed E-state index contributed by atoms with van der Waals surface area (Å²) >= 11 is 0. The maximum atomic E-state index is 4.12. The van der Waals surface area contributed by atoms with Gasteiger partial charge in [0.1, 0.15) is 12.7 Å². The number of rotatable bonds is 8. The van der Waals surface area contributed by atoms with E-state index in [1.54, 1.807) is 12.7 Å². The average molecular weight is 272 g/mol. The number of aromatic nitrogens is 3. The maximum Gasteiger partial charge on any atom is 0.137 e. The van der Waals surface area contributed by atoms with E-state index in [9.17, 15) is 0 Å². The lowest BCUT2D eigenvalue weighted by Crippen LogP contribution is -2.18. The highest BCUT2D eigenvalue weighted by molar-refractivity contribution is 5.45. The second-order valence-corrected chi connectivity index (χ2v) is 5.21. The highest BCUT2D eigenvalue weighted by atomic mass is 15.3. The predicted molar refractivity (Wildman–Crippen MR) is 82.8 cm³/mol. The fourth-order valence-electron chi connectivity index (χ4n) is 2.43. The summed E-state index contributed by atoms with van der Waals surface area (Å²) in [5.74, 6) is 0. The van der Waals surface area contributed by atoms with Crippen molar-refractivity contribution in [3.63, 3.8) is 0 Å². The molecule has 1 N–H and O–H groups in total. The molecular formula is C16H24N4. The third kappa shape index (κ3) is 4.37. The zero-order chi connectivity index (χ0) is 14.2. The Bertz CT molecular complexity index is 470. The SMILES string of the molecule is CCCC(CCC)Nc1ccc(Cn2cncn2)cc1. The molecule has 4 heteroatoms. The Morgan fingerprint density at radius 3 is 2.35 bits per heavy atom.